The van der Waals surface area contributed by atoms with Crippen LogP contribution < -0.4 is 10.1 Å². The standard InChI is InChI=1S/C19H18BrN3O2/c20-16-6-3-5-15(13-16)14-25-18-8-2-1-7-17(18)19(24)21-10-12-23-11-4-9-22-23/h1-9,11,13H,10,12,14H2,(H,21,24). The minimum atomic E-state index is -0.156. The van der Waals surface area contributed by atoms with E-state index in [9.17, 15) is 4.79 Å². The summed E-state index contributed by atoms with van der Waals surface area (Å²) in [5.41, 5.74) is 1.56. The molecule has 0 unspecified atom stereocenters. The Morgan fingerprint density at radius 3 is 2.84 bits per heavy atom. The van der Waals surface area contributed by atoms with Gasteiger partial charge < -0.3 is 10.1 Å². The fourth-order valence-electron chi connectivity index (χ4n) is 2.38. The molecule has 0 atom stereocenters. The molecule has 0 fully saturated rings. The maximum Gasteiger partial charge on any atom is 0.255 e. The molecule has 1 aromatic heterocycles. The first-order chi connectivity index (χ1) is 12.2. The Bertz CT molecular complexity index is 834. The molecule has 2 aromatic carbocycles. The summed E-state index contributed by atoms with van der Waals surface area (Å²) in [6, 6.07) is 17.0. The molecule has 3 rings (SSSR count). The van der Waals surface area contributed by atoms with Crippen LogP contribution in [0.5, 0.6) is 5.75 Å². The molecule has 1 N–H and O–H groups in total. The summed E-state index contributed by atoms with van der Waals surface area (Å²) in [6.07, 6.45) is 3.58. The number of carbonyl (C=O) groups excluding carboxylic acids is 1. The lowest BCUT2D eigenvalue weighted by Gasteiger charge is -2.12. The lowest BCUT2D eigenvalue weighted by molar-refractivity contribution is 0.0947. The number of nitrogens with zero attached hydrogens (tertiary/aromatic N) is 2. The predicted molar refractivity (Wildman–Crippen MR) is 99.5 cm³/mol. The number of ether oxygens (including phenoxy) is 1. The van der Waals surface area contributed by atoms with Crippen molar-refractivity contribution in [3.63, 3.8) is 0 Å². The van der Waals surface area contributed by atoms with Gasteiger partial charge in [0.25, 0.3) is 5.91 Å². The molecule has 128 valence electrons. The average Bonchev–Trinajstić information content (AvgIpc) is 3.14. The van der Waals surface area contributed by atoms with E-state index in [1.165, 1.54) is 0 Å². The number of amides is 1. The van der Waals surface area contributed by atoms with E-state index < -0.39 is 0 Å². The van der Waals surface area contributed by atoms with Crippen LogP contribution in [-0.4, -0.2) is 22.2 Å². The van der Waals surface area contributed by atoms with Crippen molar-refractivity contribution in [1.29, 1.82) is 0 Å². The van der Waals surface area contributed by atoms with Crippen molar-refractivity contribution in [3.8, 4) is 5.75 Å². The van der Waals surface area contributed by atoms with Gasteiger partial charge in [0.05, 0.1) is 12.1 Å². The van der Waals surface area contributed by atoms with Crippen molar-refractivity contribution in [3.05, 3.63) is 82.6 Å². The summed E-state index contributed by atoms with van der Waals surface area (Å²) >= 11 is 3.44. The SMILES string of the molecule is O=C(NCCn1cccn1)c1ccccc1OCc1cccc(Br)c1. The third kappa shape index (κ3) is 4.93. The molecule has 0 aliphatic carbocycles. The highest BCUT2D eigenvalue weighted by molar-refractivity contribution is 9.10. The number of benzene rings is 2. The zero-order valence-corrected chi connectivity index (χ0v) is 15.1. The molecule has 1 heterocycles. The van der Waals surface area contributed by atoms with Gasteiger partial charge in [0, 0.05) is 23.4 Å². The molecule has 5 nitrogen and oxygen atoms in total. The van der Waals surface area contributed by atoms with Gasteiger partial charge >= 0.3 is 0 Å². The van der Waals surface area contributed by atoms with Crippen LogP contribution in [0.4, 0.5) is 0 Å². The van der Waals surface area contributed by atoms with Crippen molar-refractivity contribution in [2.75, 3.05) is 6.54 Å². The molecule has 0 spiro atoms. The van der Waals surface area contributed by atoms with Crippen LogP contribution in [0.3, 0.4) is 0 Å². The van der Waals surface area contributed by atoms with E-state index >= 15 is 0 Å². The Labute approximate surface area is 154 Å². The van der Waals surface area contributed by atoms with Gasteiger partial charge in [-0.05, 0) is 35.9 Å². The molecule has 0 bridgehead atoms. The second kappa shape index (κ2) is 8.48. The Morgan fingerprint density at radius 1 is 1.16 bits per heavy atom. The highest BCUT2D eigenvalue weighted by atomic mass is 79.9. The fraction of sp³-hybridized carbons (Fsp3) is 0.158. The minimum absolute atomic E-state index is 0.156. The van der Waals surface area contributed by atoms with Gasteiger partial charge in [0.1, 0.15) is 12.4 Å². The molecule has 0 saturated heterocycles. The maximum absolute atomic E-state index is 12.4. The minimum Gasteiger partial charge on any atom is -0.488 e. The van der Waals surface area contributed by atoms with Crippen LogP contribution in [0.25, 0.3) is 0 Å². The zero-order valence-electron chi connectivity index (χ0n) is 13.6. The van der Waals surface area contributed by atoms with Crippen LogP contribution in [-0.2, 0) is 13.2 Å². The van der Waals surface area contributed by atoms with E-state index in [0.29, 0.717) is 31.0 Å². The van der Waals surface area contributed by atoms with Gasteiger partial charge in [-0.15, -0.1) is 0 Å². The van der Waals surface area contributed by atoms with Gasteiger partial charge in [0.15, 0.2) is 0 Å². The summed E-state index contributed by atoms with van der Waals surface area (Å²) in [4.78, 5) is 12.4. The van der Waals surface area contributed by atoms with Crippen molar-refractivity contribution in [2.45, 2.75) is 13.2 Å². The molecular weight excluding hydrogens is 382 g/mol. The molecular formula is C19H18BrN3O2. The molecule has 25 heavy (non-hydrogen) atoms. The zero-order chi connectivity index (χ0) is 17.5. The van der Waals surface area contributed by atoms with Crippen molar-refractivity contribution < 1.29 is 9.53 Å². The van der Waals surface area contributed by atoms with Crippen molar-refractivity contribution in [1.82, 2.24) is 15.1 Å². The Kier molecular flexibility index (Phi) is 5.85. The first-order valence-electron chi connectivity index (χ1n) is 7.94. The van der Waals surface area contributed by atoms with Crippen LogP contribution in [0, 0.1) is 0 Å². The van der Waals surface area contributed by atoms with Crippen LogP contribution in [0.15, 0.2) is 71.5 Å². The summed E-state index contributed by atoms with van der Waals surface area (Å²) in [5, 5.41) is 7.01. The lowest BCUT2D eigenvalue weighted by atomic mass is 10.2. The first kappa shape index (κ1) is 17.2. The molecule has 0 aliphatic rings. The third-order valence-corrected chi connectivity index (χ3v) is 4.09. The van der Waals surface area contributed by atoms with E-state index in [1.54, 1.807) is 23.0 Å². The Balaban J connectivity index is 1.60. The largest absolute Gasteiger partial charge is 0.488 e. The number of hydrogen-bond donors (Lipinski definition) is 1. The normalized spacial score (nSPS) is 10.4. The summed E-state index contributed by atoms with van der Waals surface area (Å²) in [7, 11) is 0. The summed E-state index contributed by atoms with van der Waals surface area (Å²) in [5.74, 6) is 0.413. The number of carbonyl (C=O) groups is 1. The van der Waals surface area contributed by atoms with Gasteiger partial charge in [-0.2, -0.15) is 5.10 Å². The van der Waals surface area contributed by atoms with Crippen LogP contribution in [0.1, 0.15) is 15.9 Å². The number of rotatable bonds is 7. The number of hydrogen-bond acceptors (Lipinski definition) is 3. The fourth-order valence-corrected chi connectivity index (χ4v) is 2.83. The first-order valence-corrected chi connectivity index (χ1v) is 8.73. The van der Waals surface area contributed by atoms with Crippen LogP contribution in [0.2, 0.25) is 0 Å². The third-order valence-electron chi connectivity index (χ3n) is 3.60. The summed E-state index contributed by atoms with van der Waals surface area (Å²) in [6.45, 7) is 1.53. The van der Waals surface area contributed by atoms with E-state index in [2.05, 4.69) is 26.3 Å². The second-order valence-electron chi connectivity index (χ2n) is 5.44. The molecule has 0 aliphatic heterocycles. The van der Waals surface area contributed by atoms with Crippen molar-refractivity contribution in [2.24, 2.45) is 0 Å². The number of halogens is 1. The second-order valence-corrected chi connectivity index (χ2v) is 6.36. The Hall–Kier alpha value is -2.60. The maximum atomic E-state index is 12.4. The topological polar surface area (TPSA) is 56.2 Å². The number of para-hydroxylation sites is 1. The van der Waals surface area contributed by atoms with Gasteiger partial charge in [-0.1, -0.05) is 40.2 Å². The smallest absolute Gasteiger partial charge is 0.255 e. The van der Waals surface area contributed by atoms with Gasteiger partial charge in [0.2, 0.25) is 0 Å². The van der Waals surface area contributed by atoms with Gasteiger partial charge in [-0.25, -0.2) is 0 Å². The van der Waals surface area contributed by atoms with Crippen LogP contribution >= 0.6 is 15.9 Å². The monoisotopic (exact) mass is 399 g/mol. The lowest BCUT2D eigenvalue weighted by Crippen LogP contribution is -2.27. The average molecular weight is 400 g/mol. The predicted octanol–water partition coefficient (Wildman–Crippen LogP) is 3.65. The highest BCUT2D eigenvalue weighted by Gasteiger charge is 2.11. The summed E-state index contributed by atoms with van der Waals surface area (Å²) < 4.78 is 8.62. The number of nitrogens with one attached hydrogen (secondary N) is 1. The molecule has 6 heteroatoms. The van der Waals surface area contributed by atoms with E-state index in [-0.39, 0.29) is 5.91 Å². The van der Waals surface area contributed by atoms with Gasteiger partial charge in [-0.3, -0.25) is 9.48 Å². The molecule has 3 aromatic rings. The van der Waals surface area contributed by atoms with Crippen molar-refractivity contribution >= 4 is 21.8 Å². The molecule has 0 saturated carbocycles. The Morgan fingerprint density at radius 2 is 2.04 bits per heavy atom. The highest BCUT2D eigenvalue weighted by Crippen LogP contribution is 2.20. The van der Waals surface area contributed by atoms with E-state index in [0.717, 1.165) is 10.0 Å². The van der Waals surface area contributed by atoms with E-state index in [4.69, 9.17) is 4.74 Å². The number of aromatic nitrogens is 2. The molecule has 0 radical (unpaired) electrons. The van der Waals surface area contributed by atoms with E-state index in [1.807, 2.05) is 48.7 Å². The quantitative estimate of drug-likeness (QED) is 0.659. The molecule has 1 amide bonds.